The number of halogens is 2. The maximum atomic E-state index is 11.5. The van der Waals surface area contributed by atoms with Crippen molar-refractivity contribution in [1.82, 2.24) is 0 Å². The van der Waals surface area contributed by atoms with Crippen molar-refractivity contribution < 1.29 is 14.6 Å². The zero-order chi connectivity index (χ0) is 14.0. The normalized spacial score (nSPS) is 10.1. The molecule has 97 valence electrons. The van der Waals surface area contributed by atoms with Gasteiger partial charge in [-0.3, -0.25) is 4.79 Å². The molecule has 0 aliphatic carbocycles. The molecule has 0 aliphatic heterocycles. The van der Waals surface area contributed by atoms with Crippen molar-refractivity contribution in [3.8, 4) is 0 Å². The van der Waals surface area contributed by atoms with Gasteiger partial charge in [-0.05, 0) is 13.8 Å². The third kappa shape index (κ3) is 7.63. The van der Waals surface area contributed by atoms with Crippen LogP contribution in [0.25, 0.3) is 0 Å². The van der Waals surface area contributed by atoms with Crippen LogP contribution in [0.15, 0.2) is 36.3 Å². The van der Waals surface area contributed by atoms with Crippen LogP contribution in [0.3, 0.4) is 0 Å². The molecule has 6 heteroatoms. The molecule has 1 aromatic rings. The first-order valence-electron chi connectivity index (χ1n) is 5.21. The lowest BCUT2D eigenvalue weighted by atomic mass is 10.1. The van der Waals surface area contributed by atoms with Crippen LogP contribution in [0.1, 0.15) is 22.8 Å². The summed E-state index contributed by atoms with van der Waals surface area (Å²) in [6.07, 6.45) is 1.08. The quantitative estimate of drug-likeness (QED) is 0.400. The Morgan fingerprint density at radius 1 is 1.39 bits per heavy atom. The highest BCUT2D eigenvalue weighted by Gasteiger charge is 2.04. The number of ether oxygens (including phenoxy) is 1. The van der Waals surface area contributed by atoms with Crippen LogP contribution in [-0.4, -0.2) is 30.9 Å². The number of rotatable bonds is 4. The zero-order valence-corrected chi connectivity index (χ0v) is 12.9. The Kier molecular flexibility index (Phi) is 9.91. The molecule has 0 spiro atoms. The second-order valence-corrected chi connectivity index (χ2v) is 5.37. The van der Waals surface area contributed by atoms with E-state index in [1.807, 2.05) is 19.1 Å². The van der Waals surface area contributed by atoms with E-state index in [4.69, 9.17) is 29.9 Å². The summed E-state index contributed by atoms with van der Waals surface area (Å²) in [5.41, 5.74) is 1.62. The molecule has 3 nitrogen and oxygen atoms in total. The van der Waals surface area contributed by atoms with E-state index in [0.29, 0.717) is 12.2 Å². The largest absolute Gasteiger partial charge is 0.495 e. The summed E-state index contributed by atoms with van der Waals surface area (Å²) in [4.78, 5) is 11.5. The van der Waals surface area contributed by atoms with E-state index in [1.165, 1.54) is 0 Å². The molecule has 1 N–H and O–H groups in total. The number of benzene rings is 1. The number of carbonyl (C=O) groups is 1. The second-order valence-electron chi connectivity index (χ2n) is 3.23. The summed E-state index contributed by atoms with van der Waals surface area (Å²) >= 11 is -0.306. The SMILES string of the molecule is CCO/C(O)=C/C(=O)c1ccc(C)cc1.[Cl][Al][Cl]. The Hall–Kier alpha value is -0.658. The first-order chi connectivity index (χ1) is 8.54. The molecule has 0 aliphatic rings. The van der Waals surface area contributed by atoms with Gasteiger partial charge in [0.15, 0.2) is 5.78 Å². The molecular formula is C12H14AlCl2O3. The van der Waals surface area contributed by atoms with Gasteiger partial charge < -0.3 is 9.84 Å². The fourth-order valence-electron chi connectivity index (χ4n) is 1.10. The predicted octanol–water partition coefficient (Wildman–Crippen LogP) is 3.61. The average Bonchev–Trinajstić information content (AvgIpc) is 2.31. The molecule has 0 heterocycles. The van der Waals surface area contributed by atoms with Crippen molar-refractivity contribution in [3.05, 3.63) is 47.4 Å². The summed E-state index contributed by atoms with van der Waals surface area (Å²) in [5, 5.41) is 9.15. The predicted molar refractivity (Wildman–Crippen MR) is 75.3 cm³/mol. The smallest absolute Gasteiger partial charge is 0.481 e. The molecule has 1 radical (unpaired) electrons. The monoisotopic (exact) mass is 303 g/mol. The van der Waals surface area contributed by atoms with Crippen LogP contribution in [0.2, 0.25) is 0 Å². The Bertz CT molecular complexity index is 391. The molecule has 0 saturated heterocycles. The molecule has 0 fully saturated rings. The van der Waals surface area contributed by atoms with E-state index in [2.05, 4.69) is 0 Å². The molecular weight excluding hydrogens is 290 g/mol. The van der Waals surface area contributed by atoms with Crippen molar-refractivity contribution in [1.29, 1.82) is 0 Å². The van der Waals surface area contributed by atoms with Crippen LogP contribution in [0.5, 0.6) is 0 Å². The van der Waals surface area contributed by atoms with E-state index < -0.39 is 0 Å². The molecule has 0 atom stereocenters. The lowest BCUT2D eigenvalue weighted by molar-refractivity contribution is 0.0920. The standard InChI is InChI=1S/C12H14O3.Al.2ClH/c1-3-15-12(14)8-11(13)10-6-4-9(2)5-7-10;;;/h4-8,14H,3H2,1-2H3;;2*1H/q;+2;;/p-2/b12-8+;;;. The van der Waals surface area contributed by atoms with Crippen molar-refractivity contribution in [2.75, 3.05) is 6.61 Å². The zero-order valence-electron chi connectivity index (χ0n) is 10.2. The first-order valence-corrected chi connectivity index (χ1v) is 8.70. The number of aryl methyl sites for hydroxylation is 1. The molecule has 0 saturated carbocycles. The van der Waals surface area contributed by atoms with Gasteiger partial charge in [0.1, 0.15) is 0 Å². The molecule has 18 heavy (non-hydrogen) atoms. The summed E-state index contributed by atoms with van der Waals surface area (Å²) in [7, 11) is 9.69. The lowest BCUT2D eigenvalue weighted by Gasteiger charge is -2.00. The van der Waals surface area contributed by atoms with Crippen molar-refractivity contribution in [3.63, 3.8) is 0 Å². The molecule has 1 aromatic carbocycles. The first kappa shape index (κ1) is 17.3. The van der Waals surface area contributed by atoms with Crippen molar-refractivity contribution in [2.24, 2.45) is 0 Å². The minimum Gasteiger partial charge on any atom is -0.481 e. The van der Waals surface area contributed by atoms with Crippen LogP contribution in [-0.2, 0) is 4.74 Å². The Balaban J connectivity index is 0.000000873. The van der Waals surface area contributed by atoms with Crippen LogP contribution in [0.4, 0.5) is 0 Å². The van der Waals surface area contributed by atoms with Gasteiger partial charge in [0.2, 0.25) is 0 Å². The van der Waals surface area contributed by atoms with Crippen LogP contribution < -0.4 is 0 Å². The number of hydrogen-bond acceptors (Lipinski definition) is 3. The van der Waals surface area contributed by atoms with Gasteiger partial charge in [0, 0.05) is 5.56 Å². The highest BCUT2D eigenvalue weighted by Crippen LogP contribution is 2.06. The summed E-state index contributed by atoms with van der Waals surface area (Å²) in [6.45, 7) is 4.02. The molecule has 0 bridgehead atoms. The lowest BCUT2D eigenvalue weighted by Crippen LogP contribution is -1.99. The van der Waals surface area contributed by atoms with Gasteiger partial charge in [-0.2, -0.15) is 0 Å². The topological polar surface area (TPSA) is 46.5 Å². The number of hydrogen-bond donors (Lipinski definition) is 1. The minimum absolute atomic E-state index is 0.263. The number of carbonyl (C=O) groups excluding carboxylic acids is 1. The third-order valence-corrected chi connectivity index (χ3v) is 1.88. The fourth-order valence-corrected chi connectivity index (χ4v) is 1.10. The van der Waals surface area contributed by atoms with Gasteiger partial charge in [0.25, 0.3) is 5.95 Å². The van der Waals surface area contributed by atoms with Crippen molar-refractivity contribution in [2.45, 2.75) is 13.8 Å². The second kappa shape index (κ2) is 10.3. The summed E-state index contributed by atoms with van der Waals surface area (Å²) in [5.74, 6) is -0.607. The van der Waals surface area contributed by atoms with E-state index in [-0.39, 0.29) is 25.1 Å². The number of aliphatic hydroxyl groups excluding tert-OH is 1. The van der Waals surface area contributed by atoms with Crippen LogP contribution >= 0.6 is 20.1 Å². The summed E-state index contributed by atoms with van der Waals surface area (Å²) < 4.78 is 4.75. The van der Waals surface area contributed by atoms with Gasteiger partial charge in [-0.15, -0.1) is 0 Å². The molecule has 0 amide bonds. The van der Waals surface area contributed by atoms with E-state index in [9.17, 15) is 4.79 Å². The number of ketones is 1. The minimum atomic E-state index is -0.344. The molecule has 0 aromatic heterocycles. The fraction of sp³-hybridized carbons (Fsp3) is 0.250. The van der Waals surface area contributed by atoms with E-state index in [0.717, 1.165) is 11.6 Å². The maximum Gasteiger partial charge on any atom is 0.495 e. The van der Waals surface area contributed by atoms with E-state index in [1.54, 1.807) is 19.1 Å². The number of allylic oxidation sites excluding steroid dienone is 1. The highest BCUT2D eigenvalue weighted by atomic mass is 35.7. The Morgan fingerprint density at radius 3 is 2.33 bits per heavy atom. The third-order valence-electron chi connectivity index (χ3n) is 1.88. The Morgan fingerprint density at radius 2 is 1.89 bits per heavy atom. The van der Waals surface area contributed by atoms with Gasteiger partial charge in [-0.25, -0.2) is 20.1 Å². The highest BCUT2D eigenvalue weighted by molar-refractivity contribution is 7.22. The average molecular weight is 304 g/mol. The van der Waals surface area contributed by atoms with Crippen LogP contribution in [0, 0.1) is 6.92 Å². The molecule has 0 unspecified atom stereocenters. The number of aliphatic hydroxyl groups is 1. The maximum absolute atomic E-state index is 11.5. The van der Waals surface area contributed by atoms with Gasteiger partial charge >= 0.3 is 13.4 Å². The van der Waals surface area contributed by atoms with Crippen molar-refractivity contribution >= 4 is 39.3 Å². The van der Waals surface area contributed by atoms with E-state index >= 15 is 0 Å². The Labute approximate surface area is 121 Å². The van der Waals surface area contributed by atoms with Gasteiger partial charge in [-0.1, -0.05) is 29.8 Å². The summed E-state index contributed by atoms with van der Waals surface area (Å²) in [6, 6.07) is 7.12. The molecule has 1 rings (SSSR count). The van der Waals surface area contributed by atoms with Gasteiger partial charge in [0.05, 0.1) is 12.7 Å².